The molecular weight excluding hydrogens is 469 g/mol. The summed E-state index contributed by atoms with van der Waals surface area (Å²) >= 11 is -2.12. The summed E-state index contributed by atoms with van der Waals surface area (Å²) in [5.41, 5.74) is 0. The Balaban J connectivity index is 0.000000156. The van der Waals surface area contributed by atoms with Crippen LogP contribution in [0.25, 0.3) is 0 Å². The van der Waals surface area contributed by atoms with Crippen LogP contribution in [0, 0.1) is 0 Å². The number of halogens is 1. The van der Waals surface area contributed by atoms with Crippen LogP contribution in [0.1, 0.15) is 0 Å². The van der Waals surface area contributed by atoms with E-state index in [1.165, 1.54) is 17.6 Å². The molecule has 0 bridgehead atoms. The fraction of sp³-hybridized carbons (Fsp3) is 0. The van der Waals surface area contributed by atoms with Gasteiger partial charge in [-0.25, -0.2) is 0 Å². The Morgan fingerprint density at radius 1 is 0.444 bits per heavy atom. The maximum absolute atomic E-state index is 6.50. The fourth-order valence-electron chi connectivity index (χ4n) is 2.63. The molecule has 0 fully saturated rings. The molecule has 4 rings (SSSR count). The molecule has 0 aromatic heterocycles. The Morgan fingerprint density at radius 2 is 0.741 bits per heavy atom. The molecule has 4 aromatic rings. The summed E-state index contributed by atoms with van der Waals surface area (Å²) in [7, 11) is 6.50. The van der Waals surface area contributed by atoms with Gasteiger partial charge in [0.25, 0.3) is 0 Å². The van der Waals surface area contributed by atoms with Gasteiger partial charge in [-0.15, -0.1) is 0 Å². The first-order valence-corrected chi connectivity index (χ1v) is 16.2. The summed E-state index contributed by atoms with van der Waals surface area (Å²) in [6.07, 6.45) is 0. The number of hydrogen-bond donors (Lipinski definition) is 0. The summed E-state index contributed by atoms with van der Waals surface area (Å²) in [6.45, 7) is 0. The minimum absolute atomic E-state index is 0.392. The van der Waals surface area contributed by atoms with Crippen LogP contribution in [-0.4, -0.2) is 28.9 Å². The first-order chi connectivity index (χ1) is 13.3. The van der Waals surface area contributed by atoms with E-state index >= 15 is 0 Å². The molecule has 0 heterocycles. The molecule has 0 nitrogen and oxygen atoms in total. The Hall–Kier alpha value is -1.74. The van der Waals surface area contributed by atoms with Gasteiger partial charge in [-0.05, 0) is 0 Å². The summed E-state index contributed by atoms with van der Waals surface area (Å²) in [6, 6.07) is 42.3. The third kappa shape index (κ3) is 6.73. The van der Waals surface area contributed by atoms with Gasteiger partial charge in [0.1, 0.15) is 0 Å². The van der Waals surface area contributed by atoms with Gasteiger partial charge in [-0.1, -0.05) is 0 Å². The zero-order chi connectivity index (χ0) is 18.7. The molecule has 0 saturated carbocycles. The van der Waals surface area contributed by atoms with Crippen molar-refractivity contribution in [3.63, 3.8) is 0 Å². The Kier molecular flexibility index (Phi) is 8.28. The number of rotatable bonds is 4. The van der Waals surface area contributed by atoms with E-state index in [0.717, 1.165) is 0 Å². The molecule has 0 amide bonds. The van der Waals surface area contributed by atoms with E-state index in [1.807, 2.05) is 36.4 Å². The Labute approximate surface area is 177 Å². The van der Waals surface area contributed by atoms with Crippen molar-refractivity contribution in [1.82, 2.24) is 0 Å². The zero-order valence-electron chi connectivity index (χ0n) is 15.0. The van der Waals surface area contributed by atoms with Crippen LogP contribution in [0.4, 0.5) is 0 Å². The first kappa shape index (κ1) is 20.0. The van der Waals surface area contributed by atoms with E-state index in [0.29, 0.717) is 0 Å². The van der Waals surface area contributed by atoms with E-state index in [4.69, 9.17) is 10.0 Å². The molecule has 2 radical (unpaired) electrons. The maximum atomic E-state index is 6.50. The minimum atomic E-state index is -1.73. The van der Waals surface area contributed by atoms with Crippen molar-refractivity contribution in [3.05, 3.63) is 121 Å². The standard InChI is InChI=1S/C12H10ClGe.C12H11Ge/c13-14(11-7-3-1-4-8-11)12-9-5-2-6-10-12;1-3-7-11(8-4-1)13-12-9-5-2-6-10-12/h1-10H;1-10,13H. The second-order valence-electron chi connectivity index (χ2n) is 6.01. The van der Waals surface area contributed by atoms with E-state index < -0.39 is 28.9 Å². The molecule has 0 aliphatic rings. The van der Waals surface area contributed by atoms with Crippen LogP contribution in [-0.2, 0) is 0 Å². The van der Waals surface area contributed by atoms with E-state index in [1.54, 1.807) is 0 Å². The van der Waals surface area contributed by atoms with Crippen molar-refractivity contribution < 1.29 is 0 Å². The van der Waals surface area contributed by atoms with Crippen LogP contribution >= 0.6 is 10.0 Å². The van der Waals surface area contributed by atoms with Crippen LogP contribution in [0.15, 0.2) is 121 Å². The molecule has 0 aliphatic carbocycles. The first-order valence-electron chi connectivity index (χ1n) is 8.91. The zero-order valence-corrected chi connectivity index (χ0v) is 20.3. The Morgan fingerprint density at radius 3 is 1.07 bits per heavy atom. The van der Waals surface area contributed by atoms with Crippen molar-refractivity contribution in [2.75, 3.05) is 0 Å². The van der Waals surface area contributed by atoms with Gasteiger partial charge in [0.15, 0.2) is 0 Å². The number of benzene rings is 4. The van der Waals surface area contributed by atoms with Gasteiger partial charge >= 0.3 is 178 Å². The van der Waals surface area contributed by atoms with Crippen molar-refractivity contribution >= 4 is 56.4 Å². The third-order valence-electron chi connectivity index (χ3n) is 3.99. The molecule has 3 heteroatoms. The van der Waals surface area contributed by atoms with Crippen molar-refractivity contribution in [3.8, 4) is 0 Å². The summed E-state index contributed by atoms with van der Waals surface area (Å²) < 4.78 is 5.66. The molecule has 0 saturated heterocycles. The van der Waals surface area contributed by atoms with Crippen molar-refractivity contribution in [2.24, 2.45) is 0 Å². The monoisotopic (exact) mass is 492 g/mol. The van der Waals surface area contributed by atoms with Crippen LogP contribution in [0.5, 0.6) is 0 Å². The second-order valence-corrected chi connectivity index (χ2v) is 15.1. The summed E-state index contributed by atoms with van der Waals surface area (Å²) in [5.74, 6) is 0. The average Bonchev–Trinajstić information content (AvgIpc) is 2.76. The van der Waals surface area contributed by atoms with E-state index in [9.17, 15) is 0 Å². The number of hydrogen-bond acceptors (Lipinski definition) is 0. The van der Waals surface area contributed by atoms with Crippen molar-refractivity contribution in [2.45, 2.75) is 0 Å². The second kappa shape index (κ2) is 11.2. The van der Waals surface area contributed by atoms with Gasteiger partial charge in [0.05, 0.1) is 0 Å². The Bertz CT molecular complexity index is 821. The van der Waals surface area contributed by atoms with E-state index in [-0.39, 0.29) is 0 Å². The molecule has 132 valence electrons. The molecular formula is C24H21ClGe2. The third-order valence-corrected chi connectivity index (χ3v) is 12.8. The van der Waals surface area contributed by atoms with Gasteiger partial charge in [0.2, 0.25) is 0 Å². The topological polar surface area (TPSA) is 0 Å². The van der Waals surface area contributed by atoms with Gasteiger partial charge < -0.3 is 0 Å². The molecule has 0 atom stereocenters. The predicted octanol–water partition coefficient (Wildman–Crippen LogP) is 3.11. The fourth-order valence-corrected chi connectivity index (χ4v) is 9.22. The summed E-state index contributed by atoms with van der Waals surface area (Å²) in [5, 5.41) is 0. The van der Waals surface area contributed by atoms with Crippen LogP contribution in [0.2, 0.25) is 0 Å². The van der Waals surface area contributed by atoms with Gasteiger partial charge in [-0.3, -0.25) is 0 Å². The molecule has 0 unspecified atom stereocenters. The summed E-state index contributed by atoms with van der Waals surface area (Å²) in [4.78, 5) is 0. The quantitative estimate of drug-likeness (QED) is 0.386. The molecule has 27 heavy (non-hydrogen) atoms. The van der Waals surface area contributed by atoms with Crippen LogP contribution in [0.3, 0.4) is 0 Å². The van der Waals surface area contributed by atoms with Gasteiger partial charge in [0, 0.05) is 0 Å². The van der Waals surface area contributed by atoms with Crippen LogP contribution < -0.4 is 17.6 Å². The van der Waals surface area contributed by atoms with Crippen molar-refractivity contribution in [1.29, 1.82) is 0 Å². The van der Waals surface area contributed by atoms with Gasteiger partial charge in [-0.2, -0.15) is 0 Å². The molecule has 0 aliphatic heterocycles. The SMILES string of the molecule is [Cl][Ge]([c]1ccccc1)[c]1ccccc1.c1cc[c]([GeH][c]2ccccc2)cc1. The molecule has 4 aromatic carbocycles. The van der Waals surface area contributed by atoms with E-state index in [2.05, 4.69) is 84.9 Å². The molecule has 0 N–H and O–H groups in total. The predicted molar refractivity (Wildman–Crippen MR) is 123 cm³/mol. The molecule has 0 spiro atoms. The normalized spacial score (nSPS) is 10.1. The average molecular weight is 490 g/mol.